The SMILES string of the molecule is NC(=O)[C@H](O[C@H]1OC(C(=O)NCCO)=C[C@H](O)[C@@H]1O)[C@H]1O[C@@H](n2ccc(=O)[nH]c2=O)[C@H](O)[C@@H]1CO. The summed E-state index contributed by atoms with van der Waals surface area (Å²) in [7, 11) is 0. The molecule has 0 aliphatic carbocycles. The van der Waals surface area contributed by atoms with Crippen molar-refractivity contribution in [1.29, 1.82) is 0 Å². The van der Waals surface area contributed by atoms with E-state index < -0.39 is 84.4 Å². The second kappa shape index (κ2) is 11.1. The fourth-order valence-electron chi connectivity index (χ4n) is 3.71. The number of nitrogens with one attached hydrogen (secondary N) is 2. The van der Waals surface area contributed by atoms with Crippen molar-refractivity contribution in [1.82, 2.24) is 14.9 Å². The van der Waals surface area contributed by atoms with Crippen molar-refractivity contribution < 1.29 is 49.3 Å². The van der Waals surface area contributed by atoms with Gasteiger partial charge in [0.2, 0.25) is 12.2 Å². The third-order valence-electron chi connectivity index (χ3n) is 5.46. The first-order valence-electron chi connectivity index (χ1n) is 10.4. The molecule has 1 aromatic heterocycles. The maximum Gasteiger partial charge on any atom is 0.330 e. The number of aromatic nitrogens is 2. The zero-order chi connectivity index (χ0) is 25.9. The number of nitrogens with zero attached hydrogens (tertiary/aromatic N) is 1. The van der Waals surface area contributed by atoms with Gasteiger partial charge in [-0.25, -0.2) is 4.79 Å². The van der Waals surface area contributed by atoms with Crippen molar-refractivity contribution in [2.24, 2.45) is 11.7 Å². The van der Waals surface area contributed by atoms with Gasteiger partial charge in [0, 0.05) is 24.7 Å². The molecule has 0 aromatic carbocycles. The van der Waals surface area contributed by atoms with E-state index in [9.17, 15) is 39.6 Å². The molecule has 3 rings (SSSR count). The lowest BCUT2D eigenvalue weighted by molar-refractivity contribution is -0.239. The smallest absolute Gasteiger partial charge is 0.330 e. The van der Waals surface area contributed by atoms with E-state index >= 15 is 0 Å². The Morgan fingerprint density at radius 2 is 1.94 bits per heavy atom. The van der Waals surface area contributed by atoms with Crippen LogP contribution in [0.25, 0.3) is 0 Å². The highest BCUT2D eigenvalue weighted by atomic mass is 16.7. The normalized spacial score (nSPS) is 31.3. The molecule has 16 nitrogen and oxygen atoms in total. The van der Waals surface area contributed by atoms with Crippen LogP contribution in [0.2, 0.25) is 0 Å². The maximum atomic E-state index is 12.2. The molecule has 16 heteroatoms. The van der Waals surface area contributed by atoms with E-state index in [0.29, 0.717) is 0 Å². The van der Waals surface area contributed by atoms with Crippen molar-refractivity contribution in [2.75, 3.05) is 19.8 Å². The Morgan fingerprint density at radius 3 is 2.54 bits per heavy atom. The zero-order valence-corrected chi connectivity index (χ0v) is 18.1. The van der Waals surface area contributed by atoms with Gasteiger partial charge in [-0.3, -0.25) is 23.9 Å². The Morgan fingerprint density at radius 1 is 1.23 bits per heavy atom. The van der Waals surface area contributed by atoms with Crippen LogP contribution in [0.3, 0.4) is 0 Å². The highest BCUT2D eigenvalue weighted by Gasteiger charge is 2.51. The topological polar surface area (TPSA) is 256 Å². The standard InChI is InChI=1S/C19H26N4O12/c20-15(30)14(35-18-12(29)8(26)5-9(33-18)16(31)21-2-4-24)13-7(6-25)11(28)17(34-13)23-3-1-10(27)22-19(23)32/h1,3,5,7-8,11-14,17-18,24-26,28-29H,2,4,6H2,(H2,20,30)(H,21,31)(H,22,27,32)/t7-,8-,11+,12-,13-,14+,17+,18+/m0/s1. The minimum absolute atomic E-state index is 0.134. The number of hydrogen-bond acceptors (Lipinski definition) is 12. The van der Waals surface area contributed by atoms with Crippen LogP contribution in [-0.4, -0.2) is 103 Å². The first-order chi connectivity index (χ1) is 16.6. The lowest BCUT2D eigenvalue weighted by Gasteiger charge is -2.35. The van der Waals surface area contributed by atoms with Gasteiger partial charge in [0.15, 0.2) is 18.1 Å². The summed E-state index contributed by atoms with van der Waals surface area (Å²) in [4.78, 5) is 49.8. The first-order valence-corrected chi connectivity index (χ1v) is 10.4. The van der Waals surface area contributed by atoms with Gasteiger partial charge < -0.3 is 50.8 Å². The lowest BCUT2D eigenvalue weighted by atomic mass is 9.94. The molecule has 0 saturated carbocycles. The summed E-state index contributed by atoms with van der Waals surface area (Å²) in [6, 6.07) is 0.990. The molecule has 1 aromatic rings. The molecule has 1 saturated heterocycles. The molecule has 0 radical (unpaired) electrons. The van der Waals surface area contributed by atoms with Gasteiger partial charge in [0.05, 0.1) is 13.2 Å². The van der Waals surface area contributed by atoms with Gasteiger partial charge in [-0.1, -0.05) is 0 Å². The quantitative estimate of drug-likeness (QED) is 0.157. The molecule has 1 fully saturated rings. The van der Waals surface area contributed by atoms with Crippen LogP contribution in [0, 0.1) is 5.92 Å². The Kier molecular flexibility index (Phi) is 8.39. The minimum atomic E-state index is -1.82. The number of rotatable bonds is 9. The number of hydrogen-bond donors (Lipinski definition) is 8. The van der Waals surface area contributed by atoms with Gasteiger partial charge >= 0.3 is 5.69 Å². The highest BCUT2D eigenvalue weighted by Crippen LogP contribution is 2.36. The zero-order valence-electron chi connectivity index (χ0n) is 18.1. The number of aliphatic hydroxyl groups is 5. The molecule has 0 bridgehead atoms. The van der Waals surface area contributed by atoms with Crippen molar-refractivity contribution in [3.8, 4) is 0 Å². The summed E-state index contributed by atoms with van der Waals surface area (Å²) in [5.74, 6) is -3.74. The van der Waals surface area contributed by atoms with E-state index in [2.05, 4.69) is 5.32 Å². The molecule has 9 N–H and O–H groups in total. The summed E-state index contributed by atoms with van der Waals surface area (Å²) < 4.78 is 17.2. The summed E-state index contributed by atoms with van der Waals surface area (Å²) in [5.41, 5.74) is 3.78. The fourth-order valence-corrected chi connectivity index (χ4v) is 3.71. The average molecular weight is 502 g/mol. The van der Waals surface area contributed by atoms with Gasteiger partial charge in [0.25, 0.3) is 11.5 Å². The Labute approximate surface area is 196 Å². The molecule has 3 heterocycles. The van der Waals surface area contributed by atoms with Crippen LogP contribution in [0.5, 0.6) is 0 Å². The average Bonchev–Trinajstić information content (AvgIpc) is 3.13. The predicted octanol–water partition coefficient (Wildman–Crippen LogP) is -5.66. The number of H-pyrrole nitrogens is 1. The first kappa shape index (κ1) is 26.5. The largest absolute Gasteiger partial charge is 0.456 e. The number of aromatic amines is 1. The second-order valence-electron chi connectivity index (χ2n) is 7.78. The molecule has 0 unspecified atom stereocenters. The Balaban J connectivity index is 1.85. The molecule has 0 spiro atoms. The molecular formula is C19H26N4O12. The second-order valence-corrected chi connectivity index (χ2v) is 7.78. The minimum Gasteiger partial charge on any atom is -0.456 e. The number of carbonyl (C=O) groups excluding carboxylic acids is 2. The number of amides is 2. The van der Waals surface area contributed by atoms with E-state index in [1.807, 2.05) is 4.98 Å². The number of nitrogens with two attached hydrogens (primary N) is 1. The summed E-state index contributed by atoms with van der Waals surface area (Å²) >= 11 is 0. The van der Waals surface area contributed by atoms with Crippen molar-refractivity contribution in [3.63, 3.8) is 0 Å². The van der Waals surface area contributed by atoms with Gasteiger partial charge in [-0.15, -0.1) is 0 Å². The molecular weight excluding hydrogens is 476 g/mol. The summed E-state index contributed by atoms with van der Waals surface area (Å²) in [6.07, 6.45) is -9.66. The molecule has 2 amide bonds. The van der Waals surface area contributed by atoms with Crippen LogP contribution in [0.15, 0.2) is 33.7 Å². The monoisotopic (exact) mass is 502 g/mol. The molecule has 2 aliphatic heterocycles. The highest BCUT2D eigenvalue weighted by molar-refractivity contribution is 5.91. The molecule has 2 aliphatic rings. The van der Waals surface area contributed by atoms with Crippen LogP contribution >= 0.6 is 0 Å². The van der Waals surface area contributed by atoms with Gasteiger partial charge in [-0.05, 0) is 6.08 Å². The van der Waals surface area contributed by atoms with Crippen LogP contribution in [0.1, 0.15) is 6.23 Å². The lowest BCUT2D eigenvalue weighted by Crippen LogP contribution is -2.53. The number of ether oxygens (including phenoxy) is 3. The third kappa shape index (κ3) is 5.59. The van der Waals surface area contributed by atoms with E-state index in [1.165, 1.54) is 0 Å². The maximum absolute atomic E-state index is 12.2. The summed E-state index contributed by atoms with van der Waals surface area (Å²) in [5, 5.41) is 51.9. The van der Waals surface area contributed by atoms with E-state index in [4.69, 9.17) is 25.1 Å². The van der Waals surface area contributed by atoms with Gasteiger partial charge in [0.1, 0.15) is 24.4 Å². The van der Waals surface area contributed by atoms with E-state index in [-0.39, 0.29) is 13.2 Å². The van der Waals surface area contributed by atoms with Crippen LogP contribution < -0.4 is 22.3 Å². The number of aliphatic hydroxyl groups excluding tert-OH is 5. The predicted molar refractivity (Wildman–Crippen MR) is 111 cm³/mol. The summed E-state index contributed by atoms with van der Waals surface area (Å²) in [6.45, 7) is -1.26. The van der Waals surface area contributed by atoms with Crippen molar-refractivity contribution in [2.45, 2.75) is 43.0 Å². The van der Waals surface area contributed by atoms with Crippen LogP contribution in [0.4, 0.5) is 0 Å². The number of carbonyl (C=O) groups is 2. The molecule has 35 heavy (non-hydrogen) atoms. The van der Waals surface area contributed by atoms with Crippen molar-refractivity contribution >= 4 is 11.8 Å². The Bertz CT molecular complexity index is 1070. The molecule has 8 atom stereocenters. The fraction of sp³-hybridized carbons (Fsp3) is 0.579. The van der Waals surface area contributed by atoms with Crippen molar-refractivity contribution in [3.05, 3.63) is 44.9 Å². The molecule has 194 valence electrons. The van der Waals surface area contributed by atoms with Gasteiger partial charge in [-0.2, -0.15) is 0 Å². The van der Waals surface area contributed by atoms with Crippen LogP contribution in [-0.2, 0) is 23.8 Å². The van der Waals surface area contributed by atoms with E-state index in [0.717, 1.165) is 22.9 Å². The Hall–Kier alpha value is -3.12. The van der Waals surface area contributed by atoms with E-state index in [1.54, 1.807) is 0 Å². The third-order valence-corrected chi connectivity index (χ3v) is 5.46. The number of primary amides is 1.